The molecule has 3 aromatic rings. The van der Waals surface area contributed by atoms with Crippen LogP contribution >= 0.6 is 23.5 Å². The second-order valence-corrected chi connectivity index (χ2v) is 7.84. The van der Waals surface area contributed by atoms with E-state index >= 15 is 0 Å². The molecule has 132 valence electrons. The molecule has 26 heavy (non-hydrogen) atoms. The summed E-state index contributed by atoms with van der Waals surface area (Å²) in [5.41, 5.74) is 1.91. The van der Waals surface area contributed by atoms with Gasteiger partial charge in [0.2, 0.25) is 5.91 Å². The number of amides is 1. The third-order valence-electron chi connectivity index (χ3n) is 4.11. The van der Waals surface area contributed by atoms with Crippen molar-refractivity contribution in [2.24, 2.45) is 7.05 Å². The number of thioether (sulfide) groups is 2. The monoisotopic (exact) mass is 383 g/mol. The van der Waals surface area contributed by atoms with E-state index < -0.39 is 0 Å². The lowest BCUT2D eigenvalue weighted by Crippen LogP contribution is -2.36. The van der Waals surface area contributed by atoms with Gasteiger partial charge in [0.25, 0.3) is 0 Å². The number of hydrogen-bond acceptors (Lipinski definition) is 6. The highest BCUT2D eigenvalue weighted by Gasteiger charge is 2.23. The van der Waals surface area contributed by atoms with Gasteiger partial charge in [0, 0.05) is 42.2 Å². The van der Waals surface area contributed by atoms with Gasteiger partial charge in [-0.3, -0.25) is 9.78 Å². The molecule has 0 fully saturated rings. The summed E-state index contributed by atoms with van der Waals surface area (Å²) in [6.07, 6.45) is 3.48. The number of fused-ring (bicyclic) bond motifs is 1. The van der Waals surface area contributed by atoms with Gasteiger partial charge in [0.05, 0.1) is 11.4 Å². The summed E-state index contributed by atoms with van der Waals surface area (Å²) in [6, 6.07) is 11.9. The second-order valence-electron chi connectivity index (χ2n) is 5.76. The zero-order valence-electron chi connectivity index (χ0n) is 14.2. The minimum atomic E-state index is 0.0914. The number of rotatable bonds is 4. The van der Waals surface area contributed by atoms with Crippen molar-refractivity contribution in [2.45, 2.75) is 10.1 Å². The first-order valence-electron chi connectivity index (χ1n) is 8.19. The van der Waals surface area contributed by atoms with Gasteiger partial charge < -0.3 is 9.47 Å². The van der Waals surface area contributed by atoms with Crippen LogP contribution in [0.1, 0.15) is 0 Å². The first-order valence-corrected chi connectivity index (χ1v) is 10.2. The number of aromatic nitrogens is 4. The Labute approximate surface area is 160 Å². The van der Waals surface area contributed by atoms with E-state index in [9.17, 15) is 4.79 Å². The molecule has 1 aliphatic heterocycles. The maximum absolute atomic E-state index is 12.8. The van der Waals surface area contributed by atoms with E-state index in [4.69, 9.17) is 0 Å². The number of hydrogen-bond donors (Lipinski definition) is 0. The average molecular weight is 384 g/mol. The molecule has 3 heterocycles. The van der Waals surface area contributed by atoms with Gasteiger partial charge in [0.15, 0.2) is 11.0 Å². The smallest absolute Gasteiger partial charge is 0.237 e. The Hall–Kier alpha value is -2.32. The molecular formula is C18H17N5OS2. The Bertz CT molecular complexity index is 928. The predicted molar refractivity (Wildman–Crippen MR) is 104 cm³/mol. The molecule has 0 unspecified atom stereocenters. The molecule has 1 amide bonds. The molecule has 0 aliphatic carbocycles. The molecule has 0 bridgehead atoms. The fraction of sp³-hybridized carbons (Fsp3) is 0.222. The van der Waals surface area contributed by atoms with Crippen LogP contribution in [-0.2, 0) is 11.8 Å². The lowest BCUT2D eigenvalue weighted by molar-refractivity contribution is -0.116. The highest BCUT2D eigenvalue weighted by molar-refractivity contribution is 8.00. The quantitative estimate of drug-likeness (QED) is 0.645. The lowest BCUT2D eigenvalue weighted by Gasteiger charge is -2.28. The molecule has 0 saturated carbocycles. The number of carbonyl (C=O) groups excluding carboxylic acids is 1. The molecule has 2 aromatic heterocycles. The normalized spacial score (nSPS) is 13.5. The highest BCUT2D eigenvalue weighted by Crippen LogP contribution is 2.34. The van der Waals surface area contributed by atoms with Gasteiger partial charge in [-0.05, 0) is 24.3 Å². The topological polar surface area (TPSA) is 63.9 Å². The van der Waals surface area contributed by atoms with Crippen molar-refractivity contribution in [3.8, 4) is 11.4 Å². The summed E-state index contributed by atoms with van der Waals surface area (Å²) in [5.74, 6) is 2.09. The maximum Gasteiger partial charge on any atom is 0.237 e. The zero-order chi connectivity index (χ0) is 17.9. The molecule has 0 spiro atoms. The van der Waals surface area contributed by atoms with Crippen molar-refractivity contribution in [3.63, 3.8) is 0 Å². The van der Waals surface area contributed by atoms with E-state index in [0.717, 1.165) is 39.4 Å². The van der Waals surface area contributed by atoms with Crippen molar-refractivity contribution in [3.05, 3.63) is 48.8 Å². The van der Waals surface area contributed by atoms with Gasteiger partial charge in [-0.15, -0.1) is 22.0 Å². The van der Waals surface area contributed by atoms with Gasteiger partial charge in [0.1, 0.15) is 0 Å². The molecule has 0 saturated heterocycles. The van der Waals surface area contributed by atoms with Gasteiger partial charge >= 0.3 is 0 Å². The van der Waals surface area contributed by atoms with E-state index in [2.05, 4.69) is 21.2 Å². The Balaban J connectivity index is 1.47. The molecular weight excluding hydrogens is 366 g/mol. The molecule has 6 nitrogen and oxygen atoms in total. The molecule has 0 atom stereocenters. The Kier molecular flexibility index (Phi) is 4.94. The summed E-state index contributed by atoms with van der Waals surface area (Å²) in [4.78, 5) is 19.9. The minimum absolute atomic E-state index is 0.0914. The number of nitrogens with zero attached hydrogens (tertiary/aromatic N) is 5. The fourth-order valence-corrected chi connectivity index (χ4v) is 4.60. The van der Waals surface area contributed by atoms with Gasteiger partial charge in [-0.25, -0.2) is 0 Å². The summed E-state index contributed by atoms with van der Waals surface area (Å²) >= 11 is 3.20. The van der Waals surface area contributed by atoms with Crippen molar-refractivity contribution in [1.82, 2.24) is 19.7 Å². The number of anilines is 1. The standard InChI is InChI=1S/C18H17N5OS2/c1-22-17(13-5-4-8-19-11-13)20-21-18(22)26-12-16(24)23-9-10-25-15-7-3-2-6-14(15)23/h2-8,11H,9-10,12H2,1H3. The van der Waals surface area contributed by atoms with Crippen molar-refractivity contribution in [2.75, 3.05) is 23.0 Å². The summed E-state index contributed by atoms with van der Waals surface area (Å²) in [6.45, 7) is 0.737. The highest BCUT2D eigenvalue weighted by atomic mass is 32.2. The van der Waals surface area contributed by atoms with Crippen LogP contribution < -0.4 is 4.90 Å². The summed E-state index contributed by atoms with van der Waals surface area (Å²) in [7, 11) is 1.90. The average Bonchev–Trinajstić information content (AvgIpc) is 3.07. The zero-order valence-corrected chi connectivity index (χ0v) is 15.8. The van der Waals surface area contributed by atoms with Crippen LogP contribution in [0.2, 0.25) is 0 Å². The maximum atomic E-state index is 12.8. The molecule has 0 N–H and O–H groups in total. The molecule has 1 aromatic carbocycles. The van der Waals surface area contributed by atoms with E-state index in [1.165, 1.54) is 11.8 Å². The SMILES string of the molecule is Cn1c(SCC(=O)N2CCSc3ccccc32)nnc1-c1cccnc1. The Morgan fingerprint density at radius 2 is 2.12 bits per heavy atom. The molecule has 8 heteroatoms. The van der Waals surface area contributed by atoms with Crippen molar-refractivity contribution < 1.29 is 4.79 Å². The van der Waals surface area contributed by atoms with Crippen molar-refractivity contribution >= 4 is 35.1 Å². The molecule has 4 rings (SSSR count). The van der Waals surface area contributed by atoms with E-state index in [1.54, 1.807) is 24.2 Å². The third kappa shape index (κ3) is 3.34. The van der Waals surface area contributed by atoms with Crippen LogP contribution in [0.4, 0.5) is 5.69 Å². The number of para-hydroxylation sites is 1. The minimum Gasteiger partial charge on any atom is -0.310 e. The van der Waals surface area contributed by atoms with Gasteiger partial charge in [-0.1, -0.05) is 23.9 Å². The van der Waals surface area contributed by atoms with Crippen LogP contribution in [0.3, 0.4) is 0 Å². The number of carbonyl (C=O) groups is 1. The Morgan fingerprint density at radius 3 is 2.96 bits per heavy atom. The lowest BCUT2D eigenvalue weighted by atomic mass is 10.3. The number of pyridine rings is 1. The summed E-state index contributed by atoms with van der Waals surface area (Å²) < 4.78 is 1.90. The van der Waals surface area contributed by atoms with E-state index in [1.807, 2.05) is 46.8 Å². The van der Waals surface area contributed by atoms with E-state index in [-0.39, 0.29) is 5.91 Å². The van der Waals surface area contributed by atoms with Crippen LogP contribution in [0.15, 0.2) is 58.8 Å². The van der Waals surface area contributed by atoms with Crippen LogP contribution in [-0.4, -0.2) is 43.7 Å². The van der Waals surface area contributed by atoms with Crippen LogP contribution in [0.5, 0.6) is 0 Å². The first-order chi connectivity index (χ1) is 12.7. The van der Waals surface area contributed by atoms with Gasteiger partial charge in [-0.2, -0.15) is 0 Å². The largest absolute Gasteiger partial charge is 0.310 e. The first kappa shape index (κ1) is 17.1. The summed E-state index contributed by atoms with van der Waals surface area (Å²) in [5, 5.41) is 9.18. The second kappa shape index (κ2) is 7.51. The van der Waals surface area contributed by atoms with E-state index in [0.29, 0.717) is 5.75 Å². The van der Waals surface area contributed by atoms with Crippen LogP contribution in [0.25, 0.3) is 11.4 Å². The van der Waals surface area contributed by atoms with Crippen molar-refractivity contribution in [1.29, 1.82) is 0 Å². The predicted octanol–water partition coefficient (Wildman–Crippen LogP) is 3.11. The van der Waals surface area contributed by atoms with Crippen LogP contribution in [0, 0.1) is 0 Å². The Morgan fingerprint density at radius 1 is 1.23 bits per heavy atom. The number of benzene rings is 1. The fourth-order valence-electron chi connectivity index (χ4n) is 2.82. The molecule has 0 radical (unpaired) electrons. The third-order valence-corrected chi connectivity index (χ3v) is 6.16. The molecule has 1 aliphatic rings.